The number of benzene rings is 1. The molecule has 2 aliphatic rings. The molecule has 0 heterocycles. The molecule has 2 aliphatic carbocycles. The molecular formula is C18H20F3NO3. The monoisotopic (exact) mass is 355 g/mol. The average Bonchev–Trinajstić information content (AvgIpc) is 3.15. The van der Waals surface area contributed by atoms with Crippen molar-refractivity contribution in [2.24, 2.45) is 17.8 Å². The van der Waals surface area contributed by atoms with Crippen molar-refractivity contribution in [1.29, 1.82) is 0 Å². The van der Waals surface area contributed by atoms with Crippen molar-refractivity contribution in [2.45, 2.75) is 38.3 Å². The Labute approximate surface area is 143 Å². The summed E-state index contributed by atoms with van der Waals surface area (Å²) in [5, 5.41) is 2.41. The lowest BCUT2D eigenvalue weighted by Crippen LogP contribution is -2.23. The molecule has 0 unspecified atom stereocenters. The van der Waals surface area contributed by atoms with Crippen molar-refractivity contribution in [2.75, 3.05) is 11.9 Å². The minimum absolute atomic E-state index is 0.224. The van der Waals surface area contributed by atoms with Gasteiger partial charge in [0.2, 0.25) is 0 Å². The number of alkyl halides is 3. The molecule has 1 N–H and O–H groups in total. The summed E-state index contributed by atoms with van der Waals surface area (Å²) in [5.74, 6) is 0.759. The largest absolute Gasteiger partial charge is 0.456 e. The first-order valence-corrected chi connectivity index (χ1v) is 8.44. The van der Waals surface area contributed by atoms with Crippen LogP contribution in [-0.2, 0) is 20.5 Å². The second kappa shape index (κ2) is 7.06. The summed E-state index contributed by atoms with van der Waals surface area (Å²) in [6.07, 6.45) is 0.624. The predicted molar refractivity (Wildman–Crippen MR) is 84.6 cm³/mol. The molecule has 1 aromatic carbocycles. The van der Waals surface area contributed by atoms with Crippen molar-refractivity contribution in [3.63, 3.8) is 0 Å². The van der Waals surface area contributed by atoms with Gasteiger partial charge in [-0.3, -0.25) is 9.59 Å². The fraction of sp³-hybridized carbons (Fsp3) is 0.556. The number of carbonyl (C=O) groups excluding carboxylic acids is 2. The Hall–Kier alpha value is -2.05. The summed E-state index contributed by atoms with van der Waals surface area (Å²) in [4.78, 5) is 23.6. The lowest BCUT2D eigenvalue weighted by atomic mass is 9.86. The van der Waals surface area contributed by atoms with E-state index in [1.165, 1.54) is 19.3 Å². The Morgan fingerprint density at radius 1 is 1.12 bits per heavy atom. The summed E-state index contributed by atoms with van der Waals surface area (Å²) >= 11 is 0. The van der Waals surface area contributed by atoms with Gasteiger partial charge in [-0.2, -0.15) is 13.2 Å². The van der Waals surface area contributed by atoms with E-state index in [1.807, 2.05) is 0 Å². The van der Waals surface area contributed by atoms with Gasteiger partial charge in [0, 0.05) is 12.1 Å². The van der Waals surface area contributed by atoms with Crippen molar-refractivity contribution < 1.29 is 27.5 Å². The Morgan fingerprint density at radius 3 is 2.40 bits per heavy atom. The van der Waals surface area contributed by atoms with Gasteiger partial charge in [0.25, 0.3) is 5.91 Å². The molecule has 1 amide bonds. The molecule has 0 spiro atoms. The molecule has 0 saturated heterocycles. The van der Waals surface area contributed by atoms with Crippen LogP contribution < -0.4 is 5.32 Å². The lowest BCUT2D eigenvalue weighted by Gasteiger charge is -2.20. The van der Waals surface area contributed by atoms with Gasteiger partial charge in [0.05, 0.1) is 5.56 Å². The maximum absolute atomic E-state index is 12.5. The van der Waals surface area contributed by atoms with Crippen LogP contribution in [-0.4, -0.2) is 18.5 Å². The van der Waals surface area contributed by atoms with Crippen LogP contribution in [0.2, 0.25) is 0 Å². The zero-order valence-electron chi connectivity index (χ0n) is 13.6. The van der Waals surface area contributed by atoms with Crippen molar-refractivity contribution in [3.8, 4) is 0 Å². The number of rotatable bonds is 5. The highest BCUT2D eigenvalue weighted by molar-refractivity contribution is 5.92. The quantitative estimate of drug-likeness (QED) is 0.812. The van der Waals surface area contributed by atoms with E-state index in [0.29, 0.717) is 18.3 Å². The average molecular weight is 355 g/mol. The summed E-state index contributed by atoms with van der Waals surface area (Å²) in [6, 6.07) is 4.10. The first-order chi connectivity index (χ1) is 11.8. The topological polar surface area (TPSA) is 55.4 Å². The van der Waals surface area contributed by atoms with E-state index >= 15 is 0 Å². The maximum atomic E-state index is 12.5. The molecule has 0 radical (unpaired) electrons. The van der Waals surface area contributed by atoms with Crippen LogP contribution >= 0.6 is 0 Å². The van der Waals surface area contributed by atoms with E-state index in [9.17, 15) is 22.8 Å². The SMILES string of the molecule is O=C(COC(=O)C[C@H]1C[C@@H]2CC[C@H]1C2)Nc1ccc(C(F)(F)F)cc1. The van der Waals surface area contributed by atoms with Gasteiger partial charge in [-0.25, -0.2) is 0 Å². The normalized spacial score (nSPS) is 25.0. The highest BCUT2D eigenvalue weighted by Gasteiger charge is 2.40. The molecule has 3 atom stereocenters. The molecule has 1 aromatic rings. The number of hydrogen-bond donors (Lipinski definition) is 1. The van der Waals surface area contributed by atoms with Crippen LogP contribution in [0.5, 0.6) is 0 Å². The number of hydrogen-bond acceptors (Lipinski definition) is 3. The van der Waals surface area contributed by atoms with E-state index in [1.54, 1.807) is 0 Å². The van der Waals surface area contributed by atoms with E-state index in [2.05, 4.69) is 5.32 Å². The Bertz CT molecular complexity index is 642. The Balaban J connectivity index is 1.41. The third-order valence-corrected chi connectivity index (χ3v) is 5.17. The summed E-state index contributed by atoms with van der Waals surface area (Å²) in [5.41, 5.74) is -0.565. The van der Waals surface area contributed by atoms with E-state index in [4.69, 9.17) is 4.74 Å². The number of esters is 1. The number of nitrogens with one attached hydrogen (secondary N) is 1. The van der Waals surface area contributed by atoms with E-state index < -0.39 is 24.3 Å². The van der Waals surface area contributed by atoms with Gasteiger partial charge >= 0.3 is 12.1 Å². The fourth-order valence-electron chi connectivity index (χ4n) is 3.99. The molecular weight excluding hydrogens is 335 g/mol. The van der Waals surface area contributed by atoms with Gasteiger partial charge < -0.3 is 10.1 Å². The first-order valence-electron chi connectivity index (χ1n) is 8.44. The zero-order valence-corrected chi connectivity index (χ0v) is 13.6. The Morgan fingerprint density at radius 2 is 1.84 bits per heavy atom. The van der Waals surface area contributed by atoms with Crippen LogP contribution in [0.3, 0.4) is 0 Å². The van der Waals surface area contributed by atoms with Gasteiger partial charge in [-0.1, -0.05) is 6.42 Å². The first kappa shape index (κ1) is 17.8. The zero-order chi connectivity index (χ0) is 18.0. The molecule has 2 saturated carbocycles. The van der Waals surface area contributed by atoms with E-state index in [-0.39, 0.29) is 11.7 Å². The summed E-state index contributed by atoms with van der Waals surface area (Å²) in [6.45, 7) is -0.430. The summed E-state index contributed by atoms with van der Waals surface area (Å²) < 4.78 is 42.4. The highest BCUT2D eigenvalue weighted by atomic mass is 19.4. The van der Waals surface area contributed by atoms with Crippen molar-refractivity contribution in [3.05, 3.63) is 29.8 Å². The fourth-order valence-corrected chi connectivity index (χ4v) is 3.99. The molecule has 0 aliphatic heterocycles. The molecule has 2 fully saturated rings. The van der Waals surface area contributed by atoms with Crippen LogP contribution in [0.4, 0.5) is 18.9 Å². The molecule has 7 heteroatoms. The molecule has 25 heavy (non-hydrogen) atoms. The van der Waals surface area contributed by atoms with Gasteiger partial charge in [-0.15, -0.1) is 0 Å². The van der Waals surface area contributed by atoms with E-state index in [0.717, 1.165) is 36.6 Å². The minimum Gasteiger partial charge on any atom is -0.456 e. The number of carbonyl (C=O) groups is 2. The van der Waals surface area contributed by atoms with Crippen LogP contribution in [0.1, 0.15) is 37.7 Å². The number of fused-ring (bicyclic) bond motifs is 2. The van der Waals surface area contributed by atoms with Crippen molar-refractivity contribution in [1.82, 2.24) is 0 Å². The standard InChI is InChI=1S/C18H20F3NO3/c19-18(20,21)14-3-5-15(6-4-14)22-16(23)10-25-17(24)9-13-8-11-1-2-12(13)7-11/h3-6,11-13H,1-2,7-10H2,(H,22,23)/t11-,12+,13-/m1/s1. The van der Waals surface area contributed by atoms with Crippen LogP contribution in [0, 0.1) is 17.8 Å². The molecule has 3 rings (SSSR count). The second-order valence-corrected chi connectivity index (χ2v) is 6.92. The van der Waals surface area contributed by atoms with Gasteiger partial charge in [-0.05, 0) is 61.3 Å². The van der Waals surface area contributed by atoms with Gasteiger partial charge in [0.15, 0.2) is 6.61 Å². The second-order valence-electron chi connectivity index (χ2n) is 6.92. The number of anilines is 1. The molecule has 2 bridgehead atoms. The molecule has 4 nitrogen and oxygen atoms in total. The minimum atomic E-state index is -4.42. The summed E-state index contributed by atoms with van der Waals surface area (Å²) in [7, 11) is 0. The maximum Gasteiger partial charge on any atom is 0.416 e. The number of ether oxygens (including phenoxy) is 1. The van der Waals surface area contributed by atoms with Crippen LogP contribution in [0.25, 0.3) is 0 Å². The molecule has 0 aromatic heterocycles. The number of amides is 1. The third-order valence-electron chi connectivity index (χ3n) is 5.17. The lowest BCUT2D eigenvalue weighted by molar-refractivity contribution is -0.148. The van der Waals surface area contributed by atoms with Gasteiger partial charge in [0.1, 0.15) is 0 Å². The molecule has 136 valence electrons. The predicted octanol–water partition coefficient (Wildman–Crippen LogP) is 4.01. The highest BCUT2D eigenvalue weighted by Crippen LogP contribution is 2.49. The van der Waals surface area contributed by atoms with Crippen LogP contribution in [0.15, 0.2) is 24.3 Å². The third kappa shape index (κ3) is 4.52. The van der Waals surface area contributed by atoms with Crippen molar-refractivity contribution >= 4 is 17.6 Å². The Kier molecular flexibility index (Phi) is 5.01. The smallest absolute Gasteiger partial charge is 0.416 e. The number of halogens is 3.